The lowest BCUT2D eigenvalue weighted by atomic mass is 9.93. The summed E-state index contributed by atoms with van der Waals surface area (Å²) in [5, 5.41) is 7.70. The Bertz CT molecular complexity index is 863. The van der Waals surface area contributed by atoms with Crippen LogP contribution in [0, 0.1) is 5.82 Å². The van der Waals surface area contributed by atoms with Crippen molar-refractivity contribution in [3.05, 3.63) is 71.8 Å². The van der Waals surface area contributed by atoms with Crippen LogP contribution in [0.5, 0.6) is 5.75 Å². The highest BCUT2D eigenvalue weighted by atomic mass is 19.1. The molecule has 0 aliphatic carbocycles. The van der Waals surface area contributed by atoms with Crippen LogP contribution < -0.4 is 10.1 Å². The van der Waals surface area contributed by atoms with E-state index >= 15 is 0 Å². The van der Waals surface area contributed by atoms with E-state index in [1.807, 2.05) is 28.9 Å². The Balaban J connectivity index is 1.73. The number of ether oxygens (including phenoxy) is 1. The van der Waals surface area contributed by atoms with Gasteiger partial charge in [0.2, 0.25) is 5.95 Å². The predicted octanol–water partition coefficient (Wildman–Crippen LogP) is 3.57. The van der Waals surface area contributed by atoms with E-state index in [0.717, 1.165) is 23.3 Å². The molecule has 1 aromatic heterocycles. The lowest BCUT2D eigenvalue weighted by Gasteiger charge is -2.32. The fourth-order valence-corrected chi connectivity index (χ4v) is 3.19. The van der Waals surface area contributed by atoms with Crippen LogP contribution in [-0.2, 0) is 0 Å². The van der Waals surface area contributed by atoms with Crippen LogP contribution in [0.1, 0.15) is 29.6 Å². The molecule has 6 heteroatoms. The van der Waals surface area contributed by atoms with Gasteiger partial charge < -0.3 is 10.1 Å². The fourth-order valence-electron chi connectivity index (χ4n) is 3.19. The van der Waals surface area contributed by atoms with E-state index in [2.05, 4.69) is 21.5 Å². The number of hydrogen-bond donors (Lipinski definition) is 1. The van der Waals surface area contributed by atoms with E-state index in [1.54, 1.807) is 19.2 Å². The number of aromatic nitrogens is 3. The van der Waals surface area contributed by atoms with E-state index in [0.29, 0.717) is 5.95 Å². The molecule has 0 unspecified atom stereocenters. The van der Waals surface area contributed by atoms with Crippen molar-refractivity contribution in [1.82, 2.24) is 14.8 Å². The Morgan fingerprint density at radius 1 is 1.17 bits per heavy atom. The maximum Gasteiger partial charge on any atom is 0.222 e. The van der Waals surface area contributed by atoms with Gasteiger partial charge in [0.25, 0.3) is 0 Å². The van der Waals surface area contributed by atoms with Crippen molar-refractivity contribution >= 4 is 5.95 Å². The molecular formula is C18H17FN4O. The molecule has 2 heterocycles. The molecule has 122 valence electrons. The van der Waals surface area contributed by atoms with Crippen molar-refractivity contribution in [2.45, 2.75) is 18.5 Å². The van der Waals surface area contributed by atoms with Crippen molar-refractivity contribution in [3.63, 3.8) is 0 Å². The number of fused-ring (bicyclic) bond motifs is 1. The topological polar surface area (TPSA) is 52.0 Å². The second kappa shape index (κ2) is 5.96. The maximum atomic E-state index is 13.7. The zero-order chi connectivity index (χ0) is 16.5. The van der Waals surface area contributed by atoms with Gasteiger partial charge in [-0.15, -0.1) is 0 Å². The van der Waals surface area contributed by atoms with Crippen molar-refractivity contribution in [2.75, 3.05) is 12.4 Å². The van der Waals surface area contributed by atoms with Crippen LogP contribution in [0.2, 0.25) is 0 Å². The Morgan fingerprint density at radius 3 is 2.83 bits per heavy atom. The minimum atomic E-state index is -0.245. The summed E-state index contributed by atoms with van der Waals surface area (Å²) in [4.78, 5) is 4.29. The van der Waals surface area contributed by atoms with Crippen LogP contribution in [0.15, 0.2) is 54.9 Å². The minimum absolute atomic E-state index is 0.0464. The average Bonchev–Trinajstić information content (AvgIpc) is 3.09. The molecule has 0 saturated heterocycles. The smallest absolute Gasteiger partial charge is 0.222 e. The number of hydrogen-bond acceptors (Lipinski definition) is 4. The standard InChI is InChI=1S/C18H17FN4O/c1-24-15-7-3-4-12(9-15)16-10-17(13-5-2-6-14(19)8-13)23-18(22-16)20-11-21-23/h2-9,11,16-17H,10H2,1H3,(H,20,21,22)/t16-,17+/m0/s1. The summed E-state index contributed by atoms with van der Waals surface area (Å²) in [6.07, 6.45) is 2.26. The van der Waals surface area contributed by atoms with Crippen LogP contribution in [-0.4, -0.2) is 21.9 Å². The zero-order valence-corrected chi connectivity index (χ0v) is 13.2. The molecule has 0 amide bonds. The molecule has 2 aromatic carbocycles. The van der Waals surface area contributed by atoms with Crippen LogP contribution in [0.25, 0.3) is 0 Å². The normalized spacial score (nSPS) is 19.4. The number of nitrogens with zero attached hydrogens (tertiary/aromatic N) is 3. The van der Waals surface area contributed by atoms with Gasteiger partial charge in [-0.25, -0.2) is 9.07 Å². The van der Waals surface area contributed by atoms with Gasteiger partial charge in [0.15, 0.2) is 0 Å². The number of anilines is 1. The summed E-state index contributed by atoms with van der Waals surface area (Å²) < 4.78 is 20.8. The van der Waals surface area contributed by atoms with Crippen molar-refractivity contribution < 1.29 is 9.13 Å². The first-order valence-electron chi connectivity index (χ1n) is 7.80. The van der Waals surface area contributed by atoms with Crippen molar-refractivity contribution in [1.29, 1.82) is 0 Å². The molecule has 0 bridgehead atoms. The molecule has 5 nitrogen and oxygen atoms in total. The SMILES string of the molecule is COc1cccc([C@@H]2C[C@H](c3cccc(F)c3)n3ncnc3N2)c1. The molecule has 3 aromatic rings. The molecule has 1 N–H and O–H groups in total. The van der Waals surface area contributed by atoms with E-state index in [-0.39, 0.29) is 17.9 Å². The summed E-state index contributed by atoms with van der Waals surface area (Å²) in [6, 6.07) is 14.6. The molecular weight excluding hydrogens is 307 g/mol. The second-order valence-electron chi connectivity index (χ2n) is 5.81. The van der Waals surface area contributed by atoms with Gasteiger partial charge in [0.05, 0.1) is 19.2 Å². The van der Waals surface area contributed by atoms with Gasteiger partial charge in [-0.2, -0.15) is 10.1 Å². The van der Waals surface area contributed by atoms with Gasteiger partial charge in [0, 0.05) is 0 Å². The third-order valence-corrected chi connectivity index (χ3v) is 4.36. The summed E-state index contributed by atoms with van der Waals surface area (Å²) in [7, 11) is 1.65. The van der Waals surface area contributed by atoms with Crippen LogP contribution >= 0.6 is 0 Å². The lowest BCUT2D eigenvalue weighted by Crippen LogP contribution is -2.28. The molecule has 0 fully saturated rings. The number of methoxy groups -OCH3 is 1. The molecule has 1 aliphatic rings. The Hall–Kier alpha value is -2.89. The van der Waals surface area contributed by atoms with E-state index < -0.39 is 0 Å². The highest BCUT2D eigenvalue weighted by molar-refractivity contribution is 5.40. The second-order valence-corrected chi connectivity index (χ2v) is 5.81. The highest BCUT2D eigenvalue weighted by Crippen LogP contribution is 2.38. The quantitative estimate of drug-likeness (QED) is 0.800. The summed E-state index contributed by atoms with van der Waals surface area (Å²) in [5.41, 5.74) is 1.99. The number of nitrogens with one attached hydrogen (secondary N) is 1. The Kier molecular flexibility index (Phi) is 3.65. The molecule has 24 heavy (non-hydrogen) atoms. The first-order valence-corrected chi connectivity index (χ1v) is 7.80. The van der Waals surface area contributed by atoms with Gasteiger partial charge >= 0.3 is 0 Å². The van der Waals surface area contributed by atoms with Crippen molar-refractivity contribution in [2.24, 2.45) is 0 Å². The maximum absolute atomic E-state index is 13.7. The third-order valence-electron chi connectivity index (χ3n) is 4.36. The minimum Gasteiger partial charge on any atom is -0.497 e. The predicted molar refractivity (Wildman–Crippen MR) is 88.5 cm³/mol. The molecule has 1 aliphatic heterocycles. The molecule has 2 atom stereocenters. The molecule has 0 saturated carbocycles. The fraction of sp³-hybridized carbons (Fsp3) is 0.222. The largest absolute Gasteiger partial charge is 0.497 e. The van der Waals surface area contributed by atoms with Gasteiger partial charge in [-0.1, -0.05) is 24.3 Å². The summed E-state index contributed by atoms with van der Waals surface area (Å²) >= 11 is 0. The highest BCUT2D eigenvalue weighted by Gasteiger charge is 2.30. The van der Waals surface area contributed by atoms with Crippen LogP contribution in [0.4, 0.5) is 10.3 Å². The Morgan fingerprint density at radius 2 is 2.00 bits per heavy atom. The summed E-state index contributed by atoms with van der Waals surface area (Å²) in [5.74, 6) is 1.25. The van der Waals surface area contributed by atoms with E-state index in [4.69, 9.17) is 4.74 Å². The zero-order valence-electron chi connectivity index (χ0n) is 13.2. The average molecular weight is 324 g/mol. The van der Waals surface area contributed by atoms with Crippen LogP contribution in [0.3, 0.4) is 0 Å². The van der Waals surface area contributed by atoms with Gasteiger partial charge in [-0.3, -0.25) is 0 Å². The number of halogens is 1. The van der Waals surface area contributed by atoms with Crippen molar-refractivity contribution in [3.8, 4) is 5.75 Å². The molecule has 0 radical (unpaired) electrons. The van der Waals surface area contributed by atoms with Gasteiger partial charge in [0.1, 0.15) is 17.9 Å². The number of benzene rings is 2. The number of rotatable bonds is 3. The summed E-state index contributed by atoms with van der Waals surface area (Å²) in [6.45, 7) is 0. The van der Waals surface area contributed by atoms with E-state index in [1.165, 1.54) is 12.4 Å². The third kappa shape index (κ3) is 2.60. The lowest BCUT2D eigenvalue weighted by molar-refractivity contribution is 0.409. The van der Waals surface area contributed by atoms with E-state index in [9.17, 15) is 4.39 Å². The first-order chi connectivity index (χ1) is 11.7. The monoisotopic (exact) mass is 324 g/mol. The molecule has 4 rings (SSSR count). The Labute approximate surface area is 139 Å². The first kappa shape index (κ1) is 14.7. The van der Waals surface area contributed by atoms with Gasteiger partial charge in [-0.05, 0) is 41.8 Å². The molecule has 0 spiro atoms.